The normalized spacial score (nSPS) is 13.2. The van der Waals surface area contributed by atoms with E-state index in [9.17, 15) is 13.6 Å². The molecule has 0 fully saturated rings. The molecule has 5 aromatic rings. The predicted octanol–water partition coefficient (Wildman–Crippen LogP) is 5.23. The molecule has 0 aliphatic heterocycles. The molecule has 1 atom stereocenters. The van der Waals surface area contributed by atoms with Crippen molar-refractivity contribution >= 4 is 49.3 Å². The largest absolute Gasteiger partial charge is 0.759 e. The van der Waals surface area contributed by atoms with Gasteiger partial charge in [0.25, 0.3) is 5.56 Å². The molecule has 0 saturated carbocycles. The van der Waals surface area contributed by atoms with Crippen molar-refractivity contribution in [1.29, 1.82) is 0 Å². The first-order chi connectivity index (χ1) is 15.9. The number of hydrogen-bond donors (Lipinski definition) is 0. The molecule has 10 heteroatoms. The smallest absolute Gasteiger partial charge is 0.275 e. The maximum absolute atomic E-state index is 13.1. The highest BCUT2D eigenvalue weighted by Gasteiger charge is 2.14. The summed E-state index contributed by atoms with van der Waals surface area (Å²) in [5, 5.41) is 9.33. The van der Waals surface area contributed by atoms with Gasteiger partial charge in [-0.05, 0) is 24.4 Å². The van der Waals surface area contributed by atoms with Gasteiger partial charge in [0.05, 0.1) is 21.8 Å². The molecule has 0 radical (unpaired) electrons. The lowest BCUT2D eigenvalue weighted by Crippen LogP contribution is -2.23. The van der Waals surface area contributed by atoms with Gasteiger partial charge in [-0.3, -0.25) is 9.00 Å². The van der Waals surface area contributed by atoms with Crippen molar-refractivity contribution in [2.75, 3.05) is 0 Å². The van der Waals surface area contributed by atoms with E-state index < -0.39 is 10.0 Å². The van der Waals surface area contributed by atoms with Crippen LogP contribution in [0.5, 0.6) is 0 Å². The van der Waals surface area contributed by atoms with Gasteiger partial charge in [0, 0.05) is 26.3 Å². The van der Waals surface area contributed by atoms with Crippen LogP contribution in [0.3, 0.4) is 0 Å². The molecule has 3 heterocycles. The van der Waals surface area contributed by atoms with Gasteiger partial charge >= 0.3 is 0 Å². The number of thiophene rings is 1. The van der Waals surface area contributed by atoms with Gasteiger partial charge in [0.2, 0.25) is 0 Å². The summed E-state index contributed by atoms with van der Waals surface area (Å²) in [4.78, 5) is 17.7. The topological polar surface area (TPSA) is 100 Å². The van der Waals surface area contributed by atoms with E-state index >= 15 is 0 Å². The molecule has 166 valence electrons. The second kappa shape index (κ2) is 8.64. The lowest BCUT2D eigenvalue weighted by Gasteiger charge is -2.13. The van der Waals surface area contributed by atoms with Crippen LogP contribution in [0.1, 0.15) is 10.6 Å². The van der Waals surface area contributed by atoms with E-state index in [1.54, 1.807) is 35.7 Å². The third-order valence-electron chi connectivity index (χ3n) is 4.99. The molecule has 0 N–H and O–H groups in total. The molecule has 5 rings (SSSR count). The Bertz CT molecular complexity index is 1630. The van der Waals surface area contributed by atoms with E-state index in [0.717, 1.165) is 28.2 Å². The number of hydrogen-bond acceptors (Lipinski definition) is 8. The second-order valence-corrected chi connectivity index (χ2v) is 11.0. The zero-order valence-corrected chi connectivity index (χ0v) is 19.8. The Kier molecular flexibility index (Phi) is 5.67. The van der Waals surface area contributed by atoms with Crippen molar-refractivity contribution in [2.45, 2.75) is 17.7 Å². The molecule has 0 aliphatic carbocycles. The summed E-state index contributed by atoms with van der Waals surface area (Å²) in [5.41, 5.74) is 2.63. The fourth-order valence-corrected chi connectivity index (χ4v) is 6.03. The Morgan fingerprint density at radius 2 is 1.79 bits per heavy atom. The molecule has 0 bridgehead atoms. The zero-order valence-electron chi connectivity index (χ0n) is 17.4. The van der Waals surface area contributed by atoms with Crippen molar-refractivity contribution in [1.82, 2.24) is 14.8 Å². The standard InChI is InChI=1S/C23H18N4O3S3/c1-15-8-10-16(11-9-15)19-14-32-20(24-19)13-27-23(28)18-6-3-2-5-17(18)22(25-27)26-33(29,30)21-7-4-12-31-21/h2-12,14H,13H2,1H3,(H,25,26,29,30)/p-1. The van der Waals surface area contributed by atoms with Crippen molar-refractivity contribution in [3.8, 4) is 11.3 Å². The molecule has 3 aromatic heterocycles. The fraction of sp³-hybridized carbons (Fsp3) is 0.0870. The third-order valence-corrected chi connectivity index (χ3v) is 8.46. The summed E-state index contributed by atoms with van der Waals surface area (Å²) in [5.74, 6) is -0.0195. The lowest BCUT2D eigenvalue weighted by atomic mass is 10.1. The highest BCUT2D eigenvalue weighted by atomic mass is 32.3. The molecule has 1 unspecified atom stereocenters. The Morgan fingerprint density at radius 3 is 2.52 bits per heavy atom. The Balaban J connectivity index is 1.59. The van der Waals surface area contributed by atoms with Crippen LogP contribution in [0.4, 0.5) is 5.82 Å². The first-order valence-electron chi connectivity index (χ1n) is 9.93. The average molecular weight is 494 g/mol. The highest BCUT2D eigenvalue weighted by molar-refractivity contribution is 7.90. The summed E-state index contributed by atoms with van der Waals surface area (Å²) in [6.07, 6.45) is 0. The van der Waals surface area contributed by atoms with E-state index in [1.165, 1.54) is 22.1 Å². The highest BCUT2D eigenvalue weighted by Crippen LogP contribution is 2.27. The molecule has 7 nitrogen and oxygen atoms in total. The lowest BCUT2D eigenvalue weighted by molar-refractivity contribution is 0.526. The Labute approximate surface area is 198 Å². The van der Waals surface area contributed by atoms with Gasteiger partial charge < -0.3 is 4.55 Å². The summed E-state index contributed by atoms with van der Waals surface area (Å²) in [6, 6.07) is 17.9. The first kappa shape index (κ1) is 21.7. The van der Waals surface area contributed by atoms with Crippen LogP contribution in [-0.4, -0.2) is 23.5 Å². The fourth-order valence-electron chi connectivity index (χ4n) is 3.33. The SMILES string of the molecule is Cc1ccc(-c2csc(Cn3nc(N=S(=O)([O-])c4cccs4)c4ccccc4c3=O)n2)cc1. The molecule has 33 heavy (non-hydrogen) atoms. The van der Waals surface area contributed by atoms with Crippen molar-refractivity contribution in [3.05, 3.63) is 92.3 Å². The molecule has 2 aromatic carbocycles. The Morgan fingerprint density at radius 1 is 1.03 bits per heavy atom. The van der Waals surface area contributed by atoms with Gasteiger partial charge in [0.1, 0.15) is 5.01 Å². The van der Waals surface area contributed by atoms with E-state index in [-0.39, 0.29) is 22.1 Å². The number of aryl methyl sites for hydroxylation is 1. The van der Waals surface area contributed by atoms with Crippen molar-refractivity contribution in [2.24, 2.45) is 4.36 Å². The van der Waals surface area contributed by atoms with Crippen LogP contribution in [0.2, 0.25) is 0 Å². The van der Waals surface area contributed by atoms with Gasteiger partial charge in [-0.25, -0.2) is 9.67 Å². The Hall–Kier alpha value is -3.18. The summed E-state index contributed by atoms with van der Waals surface area (Å²) < 4.78 is 30.8. The van der Waals surface area contributed by atoms with E-state index in [1.807, 2.05) is 36.6 Å². The minimum absolute atomic E-state index is 0.0195. The van der Waals surface area contributed by atoms with Crippen LogP contribution in [0.15, 0.2) is 84.8 Å². The van der Waals surface area contributed by atoms with E-state index in [0.29, 0.717) is 15.8 Å². The van der Waals surface area contributed by atoms with Crippen LogP contribution < -0.4 is 5.56 Å². The number of benzene rings is 2. The van der Waals surface area contributed by atoms with Crippen LogP contribution >= 0.6 is 22.7 Å². The second-order valence-electron chi connectivity index (χ2n) is 7.32. The number of nitrogens with zero attached hydrogens (tertiary/aromatic N) is 4. The van der Waals surface area contributed by atoms with Crippen LogP contribution in [0.25, 0.3) is 22.0 Å². The minimum atomic E-state index is -3.95. The van der Waals surface area contributed by atoms with Crippen molar-refractivity contribution < 1.29 is 8.76 Å². The molecule has 0 amide bonds. The molecule has 0 saturated heterocycles. The van der Waals surface area contributed by atoms with E-state index in [2.05, 4.69) is 14.4 Å². The van der Waals surface area contributed by atoms with Gasteiger partial charge in [-0.2, -0.15) is 4.36 Å². The van der Waals surface area contributed by atoms with Crippen LogP contribution in [-0.2, 0) is 16.6 Å². The molecular formula is C23H17N4O3S3-. The molecular weight excluding hydrogens is 476 g/mol. The quantitative estimate of drug-likeness (QED) is 0.334. The monoisotopic (exact) mass is 493 g/mol. The number of fused-ring (bicyclic) bond motifs is 1. The molecule has 0 spiro atoms. The zero-order chi connectivity index (χ0) is 23.0. The van der Waals surface area contributed by atoms with E-state index in [4.69, 9.17) is 0 Å². The average Bonchev–Trinajstić information content (AvgIpc) is 3.50. The first-order valence-corrected chi connectivity index (χ1v) is 13.1. The van der Waals surface area contributed by atoms with Gasteiger partial charge in [-0.15, -0.1) is 27.8 Å². The maximum Gasteiger partial charge on any atom is 0.275 e. The summed E-state index contributed by atoms with van der Waals surface area (Å²) in [7, 11) is -3.95. The number of thiazole rings is 1. The molecule has 0 aliphatic rings. The third kappa shape index (κ3) is 4.38. The van der Waals surface area contributed by atoms with Gasteiger partial charge in [-0.1, -0.05) is 54.1 Å². The maximum atomic E-state index is 13.1. The summed E-state index contributed by atoms with van der Waals surface area (Å²) in [6.45, 7) is 2.14. The summed E-state index contributed by atoms with van der Waals surface area (Å²) >= 11 is 2.50. The van der Waals surface area contributed by atoms with Crippen LogP contribution in [0, 0.1) is 6.92 Å². The van der Waals surface area contributed by atoms with Gasteiger partial charge in [0.15, 0.2) is 5.82 Å². The minimum Gasteiger partial charge on any atom is -0.759 e. The predicted molar refractivity (Wildman–Crippen MR) is 131 cm³/mol. The number of rotatable bonds is 5. The van der Waals surface area contributed by atoms with Crippen molar-refractivity contribution in [3.63, 3.8) is 0 Å². The number of aromatic nitrogens is 3.